The van der Waals surface area contributed by atoms with Crippen LogP contribution in [0.25, 0.3) is 0 Å². The molecule has 1 aliphatic rings. The molecule has 0 bridgehead atoms. The van der Waals surface area contributed by atoms with E-state index in [9.17, 15) is 4.79 Å². The number of carbonyl (C=O) groups excluding carboxylic acids is 1. The Labute approximate surface area is 80.7 Å². The number of hydrogen-bond acceptors (Lipinski definition) is 2. The van der Waals surface area contributed by atoms with E-state index in [1.54, 1.807) is 0 Å². The molecule has 0 aromatic rings. The fourth-order valence-corrected chi connectivity index (χ4v) is 1.50. The molecule has 0 unspecified atom stereocenters. The highest BCUT2D eigenvalue weighted by Gasteiger charge is 2.30. The Kier molecular flexibility index (Phi) is 2.96. The van der Waals surface area contributed by atoms with Gasteiger partial charge in [0, 0.05) is 25.7 Å². The Morgan fingerprint density at radius 1 is 1.38 bits per heavy atom. The Bertz CT molecular complexity index is 201. The van der Waals surface area contributed by atoms with Gasteiger partial charge in [-0.2, -0.15) is 0 Å². The van der Waals surface area contributed by atoms with Gasteiger partial charge in [-0.3, -0.25) is 9.69 Å². The minimum atomic E-state index is 0.164. The molecule has 1 aliphatic heterocycles. The Morgan fingerprint density at radius 2 is 2.00 bits per heavy atom. The summed E-state index contributed by atoms with van der Waals surface area (Å²) in [5.74, 6) is 0.243. The molecular formula is C10H20N2O. The van der Waals surface area contributed by atoms with Gasteiger partial charge in [0.05, 0.1) is 6.54 Å². The molecule has 1 amide bonds. The maximum Gasteiger partial charge on any atom is 0.236 e. The van der Waals surface area contributed by atoms with Gasteiger partial charge in [-0.1, -0.05) is 6.92 Å². The minimum Gasteiger partial charge on any atom is -0.343 e. The molecule has 0 spiro atoms. The zero-order chi connectivity index (χ0) is 10.1. The van der Waals surface area contributed by atoms with Gasteiger partial charge in [0.25, 0.3) is 0 Å². The van der Waals surface area contributed by atoms with E-state index >= 15 is 0 Å². The molecule has 0 N–H and O–H groups in total. The third-order valence-corrected chi connectivity index (χ3v) is 3.18. The highest BCUT2D eigenvalue weighted by atomic mass is 16.2. The lowest BCUT2D eigenvalue weighted by Gasteiger charge is -2.42. The minimum absolute atomic E-state index is 0.164. The first-order valence-corrected chi connectivity index (χ1v) is 4.96. The summed E-state index contributed by atoms with van der Waals surface area (Å²) < 4.78 is 0. The van der Waals surface area contributed by atoms with Gasteiger partial charge in [-0.25, -0.2) is 0 Å². The standard InChI is InChI=1S/C10H20N2O/c1-5-10(2,3)12-7-6-11(4)9(13)8-12/h5-8H2,1-4H3. The molecule has 1 saturated heterocycles. The first kappa shape index (κ1) is 10.5. The van der Waals surface area contributed by atoms with E-state index < -0.39 is 0 Å². The van der Waals surface area contributed by atoms with Crippen LogP contribution in [0.5, 0.6) is 0 Å². The zero-order valence-electron chi connectivity index (χ0n) is 9.13. The van der Waals surface area contributed by atoms with Crippen molar-refractivity contribution in [2.75, 3.05) is 26.7 Å². The second-order valence-electron chi connectivity index (χ2n) is 4.40. The molecule has 0 aromatic heterocycles. The predicted molar refractivity (Wildman–Crippen MR) is 53.6 cm³/mol. The lowest BCUT2D eigenvalue weighted by atomic mass is 9.98. The number of likely N-dealkylation sites (N-methyl/N-ethyl adjacent to an activating group) is 1. The molecular weight excluding hydrogens is 164 g/mol. The molecule has 0 atom stereocenters. The van der Waals surface area contributed by atoms with Gasteiger partial charge in [-0.05, 0) is 20.3 Å². The third kappa shape index (κ3) is 2.21. The summed E-state index contributed by atoms with van der Waals surface area (Å²) in [7, 11) is 1.87. The van der Waals surface area contributed by atoms with Gasteiger partial charge >= 0.3 is 0 Å². The van der Waals surface area contributed by atoms with Crippen molar-refractivity contribution in [2.45, 2.75) is 32.7 Å². The van der Waals surface area contributed by atoms with Gasteiger partial charge in [-0.15, -0.1) is 0 Å². The highest BCUT2D eigenvalue weighted by molar-refractivity contribution is 5.78. The topological polar surface area (TPSA) is 23.6 Å². The second kappa shape index (κ2) is 3.66. The van der Waals surface area contributed by atoms with Crippen molar-refractivity contribution in [3.8, 4) is 0 Å². The number of rotatable bonds is 2. The number of piperazine rings is 1. The average Bonchev–Trinajstić information content (AvgIpc) is 2.09. The summed E-state index contributed by atoms with van der Waals surface area (Å²) in [6.07, 6.45) is 1.09. The fraction of sp³-hybridized carbons (Fsp3) is 0.900. The Balaban J connectivity index is 2.60. The molecule has 1 heterocycles. The number of carbonyl (C=O) groups is 1. The number of amides is 1. The molecule has 1 rings (SSSR count). The summed E-state index contributed by atoms with van der Waals surface area (Å²) in [5, 5.41) is 0. The monoisotopic (exact) mass is 184 g/mol. The zero-order valence-corrected chi connectivity index (χ0v) is 9.13. The van der Waals surface area contributed by atoms with Crippen LogP contribution in [0.3, 0.4) is 0 Å². The molecule has 0 radical (unpaired) electrons. The van der Waals surface area contributed by atoms with Crippen LogP contribution < -0.4 is 0 Å². The van der Waals surface area contributed by atoms with Crippen LogP contribution in [0.15, 0.2) is 0 Å². The molecule has 0 aliphatic carbocycles. The Hall–Kier alpha value is -0.570. The fourth-order valence-electron chi connectivity index (χ4n) is 1.50. The molecule has 3 heteroatoms. The molecule has 0 aromatic carbocycles. The summed E-state index contributed by atoms with van der Waals surface area (Å²) in [5.41, 5.74) is 0.164. The molecule has 1 fully saturated rings. The smallest absolute Gasteiger partial charge is 0.236 e. The van der Waals surface area contributed by atoms with E-state index in [-0.39, 0.29) is 11.4 Å². The summed E-state index contributed by atoms with van der Waals surface area (Å²) in [6, 6.07) is 0. The molecule has 76 valence electrons. The van der Waals surface area contributed by atoms with E-state index in [0.717, 1.165) is 19.5 Å². The summed E-state index contributed by atoms with van der Waals surface area (Å²) in [4.78, 5) is 15.5. The van der Waals surface area contributed by atoms with Crippen LogP contribution in [-0.4, -0.2) is 47.9 Å². The van der Waals surface area contributed by atoms with Crippen LogP contribution in [0.2, 0.25) is 0 Å². The van der Waals surface area contributed by atoms with Crippen LogP contribution in [0.1, 0.15) is 27.2 Å². The van der Waals surface area contributed by atoms with E-state index in [4.69, 9.17) is 0 Å². The van der Waals surface area contributed by atoms with E-state index in [0.29, 0.717) is 6.54 Å². The largest absolute Gasteiger partial charge is 0.343 e. The summed E-state index contributed by atoms with van der Waals surface area (Å²) in [6.45, 7) is 9.02. The first-order valence-electron chi connectivity index (χ1n) is 4.96. The highest BCUT2D eigenvalue weighted by Crippen LogP contribution is 2.19. The third-order valence-electron chi connectivity index (χ3n) is 3.18. The molecule has 0 saturated carbocycles. The van der Waals surface area contributed by atoms with Crippen molar-refractivity contribution in [1.29, 1.82) is 0 Å². The quantitative estimate of drug-likeness (QED) is 0.638. The van der Waals surface area contributed by atoms with Crippen LogP contribution in [0.4, 0.5) is 0 Å². The molecule has 13 heavy (non-hydrogen) atoms. The predicted octanol–water partition coefficient (Wildman–Crippen LogP) is 0.949. The van der Waals surface area contributed by atoms with E-state index in [1.165, 1.54) is 0 Å². The van der Waals surface area contributed by atoms with Gasteiger partial charge in [0.2, 0.25) is 5.91 Å². The lowest BCUT2D eigenvalue weighted by molar-refractivity contribution is -0.137. The van der Waals surface area contributed by atoms with Gasteiger partial charge in [0.1, 0.15) is 0 Å². The Morgan fingerprint density at radius 3 is 2.46 bits per heavy atom. The number of nitrogens with zero attached hydrogens (tertiary/aromatic N) is 2. The second-order valence-corrected chi connectivity index (χ2v) is 4.40. The molecule has 3 nitrogen and oxygen atoms in total. The van der Waals surface area contributed by atoms with Crippen molar-refractivity contribution in [3.05, 3.63) is 0 Å². The number of hydrogen-bond donors (Lipinski definition) is 0. The van der Waals surface area contributed by atoms with Crippen molar-refractivity contribution in [1.82, 2.24) is 9.80 Å². The van der Waals surface area contributed by atoms with Crippen LogP contribution >= 0.6 is 0 Å². The van der Waals surface area contributed by atoms with Gasteiger partial charge < -0.3 is 4.90 Å². The summed E-state index contributed by atoms with van der Waals surface area (Å²) >= 11 is 0. The normalized spacial score (nSPS) is 20.9. The SMILES string of the molecule is CCC(C)(C)N1CCN(C)C(=O)C1. The van der Waals surface area contributed by atoms with Gasteiger partial charge in [0.15, 0.2) is 0 Å². The van der Waals surface area contributed by atoms with E-state index in [1.807, 2.05) is 11.9 Å². The van der Waals surface area contributed by atoms with Crippen molar-refractivity contribution in [2.24, 2.45) is 0 Å². The maximum absolute atomic E-state index is 11.5. The average molecular weight is 184 g/mol. The lowest BCUT2D eigenvalue weighted by Crippen LogP contribution is -2.55. The van der Waals surface area contributed by atoms with Crippen molar-refractivity contribution >= 4 is 5.91 Å². The van der Waals surface area contributed by atoms with Crippen molar-refractivity contribution in [3.63, 3.8) is 0 Å². The van der Waals surface area contributed by atoms with Crippen molar-refractivity contribution < 1.29 is 4.79 Å². The van der Waals surface area contributed by atoms with Crippen LogP contribution in [-0.2, 0) is 4.79 Å². The first-order chi connectivity index (χ1) is 5.97. The van der Waals surface area contributed by atoms with E-state index in [2.05, 4.69) is 25.7 Å². The van der Waals surface area contributed by atoms with Crippen LogP contribution in [0, 0.1) is 0 Å². The maximum atomic E-state index is 11.5.